The van der Waals surface area contributed by atoms with E-state index in [1.165, 1.54) is 18.3 Å². The van der Waals surface area contributed by atoms with Gasteiger partial charge >= 0.3 is 0 Å². The predicted octanol–water partition coefficient (Wildman–Crippen LogP) is 5.42. The van der Waals surface area contributed by atoms with E-state index in [9.17, 15) is 13.9 Å². The summed E-state index contributed by atoms with van der Waals surface area (Å²) >= 11 is 7.71. The topological polar surface area (TPSA) is 132 Å². The number of nitrogens with one attached hydrogen (secondary N) is 2. The molecule has 1 atom stereocenters. The van der Waals surface area contributed by atoms with Gasteiger partial charge in [-0.2, -0.15) is 5.26 Å². The molecule has 2 aromatic heterocycles. The van der Waals surface area contributed by atoms with Gasteiger partial charge in [0.2, 0.25) is 0 Å². The molecule has 0 spiro atoms. The second-order valence-corrected chi connectivity index (χ2v) is 11.3. The maximum absolute atomic E-state index is 13.7. The summed E-state index contributed by atoms with van der Waals surface area (Å²) in [7, 11) is 0. The van der Waals surface area contributed by atoms with Crippen molar-refractivity contribution in [3.63, 3.8) is 0 Å². The van der Waals surface area contributed by atoms with Crippen LogP contribution in [0.3, 0.4) is 0 Å². The summed E-state index contributed by atoms with van der Waals surface area (Å²) in [5.41, 5.74) is 3.56. The van der Waals surface area contributed by atoms with Gasteiger partial charge in [-0.15, -0.1) is 5.10 Å². The van der Waals surface area contributed by atoms with E-state index >= 15 is 0 Å². The van der Waals surface area contributed by atoms with Crippen LogP contribution in [0.4, 0.5) is 21.5 Å². The number of nitriles is 1. The molecule has 3 heterocycles. The second-order valence-electron chi connectivity index (χ2n) is 9.11. The molecule has 14 heteroatoms. The number of benzene rings is 2. The molecule has 1 saturated heterocycles. The average molecular weight is 634 g/mol. The first kappa shape index (κ1) is 27.4. The number of anilines is 3. The van der Waals surface area contributed by atoms with Crippen molar-refractivity contribution in [3.8, 4) is 6.07 Å². The van der Waals surface area contributed by atoms with E-state index in [0.717, 1.165) is 41.8 Å². The van der Waals surface area contributed by atoms with E-state index in [-0.39, 0.29) is 16.9 Å². The third-order valence-electron chi connectivity index (χ3n) is 6.49. The van der Waals surface area contributed by atoms with Gasteiger partial charge in [-0.3, -0.25) is 9.88 Å². The lowest BCUT2D eigenvalue weighted by Gasteiger charge is -2.30. The summed E-state index contributed by atoms with van der Waals surface area (Å²) in [5, 5.41) is 25.5. The Balaban J connectivity index is 1.33. The Labute approximate surface area is 239 Å². The van der Waals surface area contributed by atoms with E-state index in [4.69, 9.17) is 16.2 Å². The molecule has 5 rings (SSSR count). The molecule has 0 bridgehead atoms. The first-order valence-corrected chi connectivity index (χ1v) is 14.4. The standard InChI is InChI=1S/C25H23BrClFN8O2S/c26-21-8-17(30-12-18-13-36(34-33-18)19-3-5-35(6-4-19)14-39(37)38)7-20-24(15(10-29)11-31-25(20)21)32-16-1-2-23(28)22(27)9-16/h1-2,7-9,11,13,19,30H,3-6,12,14H2,(H,31,32)(H,37,38). The zero-order chi connectivity index (χ0) is 27.5. The van der Waals surface area contributed by atoms with Gasteiger partial charge in [-0.25, -0.2) is 13.3 Å². The molecule has 3 N–H and O–H groups in total. The number of rotatable bonds is 8. The van der Waals surface area contributed by atoms with Crippen molar-refractivity contribution in [1.82, 2.24) is 24.9 Å². The Morgan fingerprint density at radius 2 is 2.05 bits per heavy atom. The van der Waals surface area contributed by atoms with Crippen molar-refractivity contribution in [2.45, 2.75) is 25.4 Å². The lowest BCUT2D eigenvalue weighted by molar-refractivity contribution is 0.200. The largest absolute Gasteiger partial charge is 0.379 e. The molecule has 0 aliphatic carbocycles. The molecule has 1 fully saturated rings. The predicted molar refractivity (Wildman–Crippen MR) is 152 cm³/mol. The summed E-state index contributed by atoms with van der Waals surface area (Å²) in [6, 6.07) is 10.4. The Kier molecular flexibility index (Phi) is 8.39. The van der Waals surface area contributed by atoms with Crippen LogP contribution >= 0.6 is 27.5 Å². The maximum atomic E-state index is 13.7. The van der Waals surface area contributed by atoms with Crippen LogP contribution in [0.1, 0.15) is 30.1 Å². The van der Waals surface area contributed by atoms with Crippen molar-refractivity contribution >= 4 is 66.6 Å². The Morgan fingerprint density at radius 3 is 2.77 bits per heavy atom. The van der Waals surface area contributed by atoms with Crippen molar-refractivity contribution in [2.24, 2.45) is 0 Å². The Hall–Kier alpha value is -3.15. The zero-order valence-corrected chi connectivity index (χ0v) is 23.6. The van der Waals surface area contributed by atoms with Gasteiger partial charge in [0, 0.05) is 40.5 Å². The van der Waals surface area contributed by atoms with Gasteiger partial charge in [0.25, 0.3) is 0 Å². The molecule has 4 aromatic rings. The normalized spacial score (nSPS) is 15.3. The van der Waals surface area contributed by atoms with Gasteiger partial charge in [0.15, 0.2) is 11.1 Å². The van der Waals surface area contributed by atoms with Gasteiger partial charge in [-0.05, 0) is 59.1 Å². The van der Waals surface area contributed by atoms with Crippen LogP contribution in [-0.2, 0) is 17.6 Å². The van der Waals surface area contributed by atoms with Crippen LogP contribution in [0.15, 0.2) is 47.2 Å². The van der Waals surface area contributed by atoms with E-state index in [0.29, 0.717) is 34.4 Å². The molecule has 0 amide bonds. The molecule has 202 valence electrons. The van der Waals surface area contributed by atoms with E-state index < -0.39 is 16.9 Å². The van der Waals surface area contributed by atoms with Gasteiger partial charge in [0.1, 0.15) is 23.5 Å². The van der Waals surface area contributed by atoms with Gasteiger partial charge < -0.3 is 15.2 Å². The summed E-state index contributed by atoms with van der Waals surface area (Å²) in [4.78, 5) is 6.41. The molecule has 39 heavy (non-hydrogen) atoms. The smallest absolute Gasteiger partial charge is 0.167 e. The molecule has 1 aliphatic rings. The van der Waals surface area contributed by atoms with Crippen molar-refractivity contribution in [3.05, 3.63) is 69.3 Å². The summed E-state index contributed by atoms with van der Waals surface area (Å²) < 4.78 is 36.4. The van der Waals surface area contributed by atoms with Crippen LogP contribution in [0, 0.1) is 17.1 Å². The third kappa shape index (κ3) is 6.37. The van der Waals surface area contributed by atoms with E-state index in [2.05, 4.69) is 47.9 Å². The van der Waals surface area contributed by atoms with E-state index in [1.54, 1.807) is 6.07 Å². The fraction of sp³-hybridized carbons (Fsp3) is 0.280. The highest BCUT2D eigenvalue weighted by atomic mass is 79.9. The lowest BCUT2D eigenvalue weighted by Crippen LogP contribution is -2.36. The minimum Gasteiger partial charge on any atom is -0.379 e. The van der Waals surface area contributed by atoms with Crippen molar-refractivity contribution < 1.29 is 13.2 Å². The number of aromatic nitrogens is 4. The molecular weight excluding hydrogens is 611 g/mol. The maximum Gasteiger partial charge on any atom is 0.167 e. The first-order valence-electron chi connectivity index (χ1n) is 12.0. The molecule has 0 radical (unpaired) electrons. The number of nitrogens with zero attached hydrogens (tertiary/aromatic N) is 6. The van der Waals surface area contributed by atoms with Gasteiger partial charge in [-0.1, -0.05) is 16.8 Å². The van der Waals surface area contributed by atoms with Gasteiger partial charge in [0.05, 0.1) is 40.6 Å². The van der Waals surface area contributed by atoms with Crippen LogP contribution in [0.2, 0.25) is 5.02 Å². The Morgan fingerprint density at radius 1 is 1.26 bits per heavy atom. The summed E-state index contributed by atoms with van der Waals surface area (Å²) in [5.74, 6) is -0.362. The first-order chi connectivity index (χ1) is 18.8. The van der Waals surface area contributed by atoms with Crippen LogP contribution in [0.5, 0.6) is 0 Å². The number of likely N-dealkylation sites (tertiary alicyclic amines) is 1. The molecule has 1 unspecified atom stereocenters. The number of halogens is 3. The van der Waals surface area contributed by atoms with Crippen LogP contribution in [0.25, 0.3) is 10.9 Å². The number of piperidine rings is 1. The molecule has 0 saturated carbocycles. The highest BCUT2D eigenvalue weighted by Gasteiger charge is 2.22. The quantitative estimate of drug-likeness (QED) is 0.218. The number of hydrogen-bond donors (Lipinski definition) is 3. The third-order valence-corrected chi connectivity index (χ3v) is 7.97. The van der Waals surface area contributed by atoms with Crippen molar-refractivity contribution in [1.29, 1.82) is 5.26 Å². The van der Waals surface area contributed by atoms with Crippen LogP contribution < -0.4 is 10.6 Å². The summed E-state index contributed by atoms with van der Waals surface area (Å²) in [6.45, 7) is 1.88. The number of fused-ring (bicyclic) bond motifs is 1. The molecular formula is C25H23BrClFN8O2S. The fourth-order valence-electron chi connectivity index (χ4n) is 4.53. The number of pyridine rings is 1. The summed E-state index contributed by atoms with van der Waals surface area (Å²) in [6.07, 6.45) is 5.05. The van der Waals surface area contributed by atoms with E-state index in [1.807, 2.05) is 27.9 Å². The monoisotopic (exact) mass is 632 g/mol. The molecule has 2 aromatic carbocycles. The average Bonchev–Trinajstić information content (AvgIpc) is 3.39. The Bertz CT molecular complexity index is 1590. The van der Waals surface area contributed by atoms with Crippen LogP contribution in [-0.4, -0.2) is 52.6 Å². The highest BCUT2D eigenvalue weighted by molar-refractivity contribution is 9.10. The number of hydrogen-bond acceptors (Lipinski definition) is 8. The fourth-order valence-corrected chi connectivity index (χ4v) is 5.85. The SMILES string of the molecule is N#Cc1cnc2c(Br)cc(NCc3cn(C4CCN(CS(=O)O)CC4)nn3)cc2c1Nc1ccc(F)c(Cl)c1. The molecule has 1 aliphatic heterocycles. The van der Waals surface area contributed by atoms with Crippen molar-refractivity contribution in [2.75, 3.05) is 29.6 Å². The zero-order valence-electron chi connectivity index (χ0n) is 20.4. The highest BCUT2D eigenvalue weighted by Crippen LogP contribution is 2.35. The lowest BCUT2D eigenvalue weighted by atomic mass is 10.1. The minimum absolute atomic E-state index is 0.0272. The minimum atomic E-state index is -1.83. The molecule has 10 nitrogen and oxygen atoms in total. The second kappa shape index (κ2) is 11.9.